The fourth-order valence-corrected chi connectivity index (χ4v) is 5.81. The van der Waals surface area contributed by atoms with E-state index in [9.17, 15) is 13.2 Å². The highest BCUT2D eigenvalue weighted by molar-refractivity contribution is 8.00. The van der Waals surface area contributed by atoms with Gasteiger partial charge in [0, 0.05) is 5.75 Å². The van der Waals surface area contributed by atoms with E-state index in [1.54, 1.807) is 12.1 Å². The minimum atomic E-state index is -3.85. The van der Waals surface area contributed by atoms with Gasteiger partial charge in [0.05, 0.1) is 4.90 Å². The molecule has 4 aromatic rings. The molecule has 7 nitrogen and oxygen atoms in total. The molecule has 4 rings (SSSR count). The lowest BCUT2D eigenvalue weighted by atomic mass is 10.1. The van der Waals surface area contributed by atoms with Gasteiger partial charge in [0.25, 0.3) is 5.91 Å². The monoisotopic (exact) mass is 485 g/mol. The highest BCUT2D eigenvalue weighted by Gasteiger charge is 2.24. The quantitative estimate of drug-likeness (QED) is 0.286. The maximum atomic E-state index is 12.7. The van der Waals surface area contributed by atoms with Crippen molar-refractivity contribution in [1.82, 2.24) is 10.2 Å². The Morgan fingerprint density at radius 3 is 2.53 bits per heavy atom. The van der Waals surface area contributed by atoms with E-state index in [1.807, 2.05) is 19.1 Å². The fraction of sp³-hybridized carbons (Fsp3) is 0.136. The largest absolute Gasteiger partial charge is 0.439 e. The van der Waals surface area contributed by atoms with Crippen LogP contribution in [0, 0.1) is 13.8 Å². The third-order valence-electron chi connectivity index (χ3n) is 4.64. The van der Waals surface area contributed by atoms with E-state index in [0.29, 0.717) is 9.47 Å². The van der Waals surface area contributed by atoms with Crippen LogP contribution in [0.25, 0.3) is 0 Å². The smallest absolute Gasteiger partial charge is 0.293 e. The summed E-state index contributed by atoms with van der Waals surface area (Å²) in [6.45, 7) is 3.92. The van der Waals surface area contributed by atoms with E-state index < -0.39 is 15.7 Å². The van der Waals surface area contributed by atoms with Crippen LogP contribution < -0.4 is 5.32 Å². The molecule has 32 heavy (non-hydrogen) atoms. The predicted molar refractivity (Wildman–Crippen MR) is 124 cm³/mol. The van der Waals surface area contributed by atoms with Gasteiger partial charge in [0.15, 0.2) is 10.1 Å². The topological polar surface area (TPSA) is 102 Å². The van der Waals surface area contributed by atoms with Crippen LogP contribution in [-0.4, -0.2) is 24.5 Å². The number of thioether (sulfide) groups is 1. The molecule has 0 unspecified atom stereocenters. The first-order valence-corrected chi connectivity index (χ1v) is 12.9. The molecule has 0 aliphatic heterocycles. The number of carbonyl (C=O) groups excluding carboxylic acids is 1. The highest BCUT2D eigenvalue weighted by atomic mass is 32.2. The number of benzene rings is 2. The zero-order valence-electron chi connectivity index (χ0n) is 17.2. The lowest BCUT2D eigenvalue weighted by Crippen LogP contribution is -2.10. The van der Waals surface area contributed by atoms with Crippen molar-refractivity contribution < 1.29 is 17.6 Å². The van der Waals surface area contributed by atoms with E-state index in [-0.39, 0.29) is 15.7 Å². The molecule has 2 heterocycles. The molecular weight excluding hydrogens is 466 g/mol. The molecule has 0 aliphatic rings. The number of anilines is 1. The number of amides is 1. The molecule has 164 valence electrons. The van der Waals surface area contributed by atoms with Gasteiger partial charge in [-0.05, 0) is 49.2 Å². The summed E-state index contributed by atoms with van der Waals surface area (Å²) in [5.74, 6) is 0.0233. The summed E-state index contributed by atoms with van der Waals surface area (Å²) in [5, 5.41) is 10.7. The molecule has 0 bridgehead atoms. The first-order chi connectivity index (χ1) is 15.3. The standard InChI is InChI=1S/C22H19N3O4S3/c1-14-7-9-17(10-8-14)32(27,28)19-12-11-18(29-19)20(26)23-21-24-25-22(31-21)30-13-16-6-4-3-5-15(16)2/h3-12H,13H2,1-2H3,(H,23,24,26). The summed E-state index contributed by atoms with van der Waals surface area (Å²) in [5.41, 5.74) is 3.35. The Hall–Kier alpha value is -2.95. The number of carbonyl (C=O) groups is 1. The van der Waals surface area contributed by atoms with Crippen LogP contribution in [0.2, 0.25) is 0 Å². The van der Waals surface area contributed by atoms with Crippen molar-refractivity contribution in [3.63, 3.8) is 0 Å². The molecular formula is C22H19N3O4S3. The minimum absolute atomic E-state index is 0.101. The second-order valence-electron chi connectivity index (χ2n) is 6.98. The summed E-state index contributed by atoms with van der Waals surface area (Å²) >= 11 is 2.77. The van der Waals surface area contributed by atoms with Crippen LogP contribution >= 0.6 is 23.1 Å². The van der Waals surface area contributed by atoms with Crippen molar-refractivity contribution >= 4 is 44.0 Å². The Kier molecular flexibility index (Phi) is 6.45. The van der Waals surface area contributed by atoms with Crippen molar-refractivity contribution in [1.29, 1.82) is 0 Å². The van der Waals surface area contributed by atoms with Crippen molar-refractivity contribution in [2.45, 2.75) is 33.9 Å². The average Bonchev–Trinajstić information content (AvgIpc) is 3.44. The van der Waals surface area contributed by atoms with Crippen LogP contribution in [0.3, 0.4) is 0 Å². The van der Waals surface area contributed by atoms with Gasteiger partial charge in [-0.1, -0.05) is 65.1 Å². The molecule has 0 spiro atoms. The zero-order valence-corrected chi connectivity index (χ0v) is 19.7. The molecule has 2 aromatic carbocycles. The van der Waals surface area contributed by atoms with Crippen LogP contribution in [0.1, 0.15) is 27.2 Å². The van der Waals surface area contributed by atoms with Crippen LogP contribution in [0.4, 0.5) is 5.13 Å². The van der Waals surface area contributed by atoms with E-state index in [2.05, 4.69) is 34.6 Å². The second-order valence-corrected chi connectivity index (χ2v) is 11.1. The van der Waals surface area contributed by atoms with Gasteiger partial charge in [0.1, 0.15) is 0 Å². The maximum absolute atomic E-state index is 12.7. The average molecular weight is 486 g/mol. The fourth-order valence-electron chi connectivity index (χ4n) is 2.81. The first-order valence-electron chi connectivity index (χ1n) is 9.57. The number of rotatable bonds is 7. The summed E-state index contributed by atoms with van der Waals surface area (Å²) in [7, 11) is -3.85. The summed E-state index contributed by atoms with van der Waals surface area (Å²) in [4.78, 5) is 12.6. The van der Waals surface area contributed by atoms with Crippen LogP contribution in [0.15, 0.2) is 79.4 Å². The normalized spacial score (nSPS) is 11.4. The summed E-state index contributed by atoms with van der Waals surface area (Å²) in [6.07, 6.45) is 0. The molecule has 0 saturated heterocycles. The highest BCUT2D eigenvalue weighted by Crippen LogP contribution is 2.30. The van der Waals surface area contributed by atoms with Crippen LogP contribution in [0.5, 0.6) is 0 Å². The Morgan fingerprint density at radius 2 is 1.78 bits per heavy atom. The molecule has 1 amide bonds. The van der Waals surface area contributed by atoms with Gasteiger partial charge in [-0.2, -0.15) is 0 Å². The number of nitrogens with zero attached hydrogens (tertiary/aromatic N) is 2. The number of hydrogen-bond donors (Lipinski definition) is 1. The molecule has 0 saturated carbocycles. The zero-order chi connectivity index (χ0) is 22.7. The third-order valence-corrected chi connectivity index (χ3v) is 8.30. The lowest BCUT2D eigenvalue weighted by molar-refractivity contribution is 0.0991. The molecule has 2 aromatic heterocycles. The Bertz CT molecular complexity index is 1360. The number of nitrogens with one attached hydrogen (secondary N) is 1. The van der Waals surface area contributed by atoms with Crippen molar-refractivity contribution in [3.05, 3.63) is 83.1 Å². The van der Waals surface area contributed by atoms with Gasteiger partial charge in [-0.15, -0.1) is 10.2 Å². The molecule has 1 N–H and O–H groups in total. The van der Waals surface area contributed by atoms with Crippen LogP contribution in [-0.2, 0) is 15.6 Å². The minimum Gasteiger partial charge on any atom is -0.439 e. The third kappa shape index (κ3) is 4.93. The van der Waals surface area contributed by atoms with Crippen molar-refractivity contribution in [2.24, 2.45) is 0 Å². The van der Waals surface area contributed by atoms with Crippen molar-refractivity contribution in [2.75, 3.05) is 5.32 Å². The first kappa shape index (κ1) is 22.3. The van der Waals surface area contributed by atoms with E-state index in [0.717, 1.165) is 11.3 Å². The number of hydrogen-bond acceptors (Lipinski definition) is 8. The molecule has 10 heteroatoms. The summed E-state index contributed by atoms with van der Waals surface area (Å²) in [6, 6.07) is 17.1. The Labute approximate surface area is 193 Å². The number of sulfone groups is 1. The molecule has 0 aliphatic carbocycles. The SMILES string of the molecule is Cc1ccc(S(=O)(=O)c2ccc(C(=O)Nc3nnc(SCc4ccccc4C)s3)o2)cc1. The molecule has 0 atom stereocenters. The van der Waals surface area contributed by atoms with Gasteiger partial charge >= 0.3 is 0 Å². The second kappa shape index (κ2) is 9.27. The number of furan rings is 1. The van der Waals surface area contributed by atoms with Gasteiger partial charge in [-0.25, -0.2) is 8.42 Å². The van der Waals surface area contributed by atoms with E-state index >= 15 is 0 Å². The van der Waals surface area contributed by atoms with Gasteiger partial charge < -0.3 is 4.42 Å². The molecule has 0 radical (unpaired) electrons. The summed E-state index contributed by atoms with van der Waals surface area (Å²) < 4.78 is 31.5. The van der Waals surface area contributed by atoms with Gasteiger partial charge in [0.2, 0.25) is 20.1 Å². The number of aryl methyl sites for hydroxylation is 2. The van der Waals surface area contributed by atoms with E-state index in [1.165, 1.54) is 58.5 Å². The lowest BCUT2D eigenvalue weighted by Gasteiger charge is -2.02. The van der Waals surface area contributed by atoms with E-state index in [4.69, 9.17) is 4.42 Å². The predicted octanol–water partition coefficient (Wildman–Crippen LogP) is 5.13. The Balaban J connectivity index is 1.41. The Morgan fingerprint density at radius 1 is 1.03 bits per heavy atom. The van der Waals surface area contributed by atoms with Gasteiger partial charge in [-0.3, -0.25) is 10.1 Å². The molecule has 0 fully saturated rings. The van der Waals surface area contributed by atoms with Crippen molar-refractivity contribution in [3.8, 4) is 0 Å². The maximum Gasteiger partial charge on any atom is 0.293 e. The number of aromatic nitrogens is 2.